The van der Waals surface area contributed by atoms with Gasteiger partial charge in [0.15, 0.2) is 0 Å². The highest BCUT2D eigenvalue weighted by atomic mass is 32.2. The zero-order valence-electron chi connectivity index (χ0n) is 17.1. The van der Waals surface area contributed by atoms with Crippen LogP contribution in [0.2, 0.25) is 0 Å². The van der Waals surface area contributed by atoms with Gasteiger partial charge in [-0.1, -0.05) is 30.3 Å². The summed E-state index contributed by atoms with van der Waals surface area (Å²) in [5.74, 6) is 0.542. The normalized spacial score (nSPS) is 12.0. The Kier molecular flexibility index (Phi) is 8.39. The number of rotatable bonds is 8. The van der Waals surface area contributed by atoms with E-state index in [-0.39, 0.29) is 6.61 Å². The number of hydrogen-bond donors (Lipinski definition) is 1. The monoisotopic (exact) mass is 417 g/mol. The van der Waals surface area contributed by atoms with Crippen molar-refractivity contribution in [2.45, 2.75) is 43.9 Å². The van der Waals surface area contributed by atoms with Gasteiger partial charge < -0.3 is 19.5 Å². The first-order valence-corrected chi connectivity index (χ1v) is 10.2. The molecule has 0 aliphatic heterocycles. The molecule has 29 heavy (non-hydrogen) atoms. The number of ether oxygens (including phenoxy) is 3. The van der Waals surface area contributed by atoms with Gasteiger partial charge in [0.1, 0.15) is 24.0 Å². The minimum absolute atomic E-state index is 0.138. The Morgan fingerprint density at radius 2 is 1.69 bits per heavy atom. The fourth-order valence-corrected chi connectivity index (χ4v) is 3.21. The van der Waals surface area contributed by atoms with Crippen LogP contribution in [0.5, 0.6) is 5.75 Å². The maximum Gasteiger partial charge on any atom is 0.408 e. The molecule has 0 fully saturated rings. The number of esters is 1. The van der Waals surface area contributed by atoms with E-state index in [2.05, 4.69) is 5.32 Å². The molecule has 0 radical (unpaired) electrons. The standard InChI is InChI=1S/C22H27NO5S/c1-22(2,3)28-21(25)23-19(15-29-18-12-10-17(26-4)11-13-18)20(24)27-14-16-8-6-5-7-9-16/h5-13,19H,14-15H2,1-4H3,(H,23,25). The van der Waals surface area contributed by atoms with Crippen LogP contribution in [0.1, 0.15) is 26.3 Å². The van der Waals surface area contributed by atoms with E-state index in [1.54, 1.807) is 27.9 Å². The third-order valence-electron chi connectivity index (χ3n) is 3.68. The molecule has 2 aromatic carbocycles. The second kappa shape index (κ2) is 10.8. The van der Waals surface area contributed by atoms with E-state index in [0.717, 1.165) is 16.2 Å². The van der Waals surface area contributed by atoms with Crippen LogP contribution < -0.4 is 10.1 Å². The van der Waals surface area contributed by atoms with Crippen LogP contribution in [0.25, 0.3) is 0 Å². The van der Waals surface area contributed by atoms with Gasteiger partial charge in [-0.05, 0) is 50.6 Å². The van der Waals surface area contributed by atoms with Gasteiger partial charge in [-0.15, -0.1) is 11.8 Å². The van der Waals surface area contributed by atoms with Crippen molar-refractivity contribution in [3.8, 4) is 5.75 Å². The van der Waals surface area contributed by atoms with E-state index in [1.165, 1.54) is 11.8 Å². The van der Waals surface area contributed by atoms with Crippen LogP contribution in [0.15, 0.2) is 59.5 Å². The third-order valence-corrected chi connectivity index (χ3v) is 4.78. The molecule has 1 amide bonds. The minimum Gasteiger partial charge on any atom is -0.497 e. The summed E-state index contributed by atoms with van der Waals surface area (Å²) in [6, 6.07) is 16.0. The molecule has 0 heterocycles. The Bertz CT molecular complexity index is 787. The van der Waals surface area contributed by atoms with E-state index in [1.807, 2.05) is 54.6 Å². The molecule has 0 aliphatic carbocycles. The van der Waals surface area contributed by atoms with Crippen molar-refractivity contribution in [2.75, 3.05) is 12.9 Å². The maximum atomic E-state index is 12.6. The van der Waals surface area contributed by atoms with Gasteiger partial charge in [0.2, 0.25) is 0 Å². The summed E-state index contributed by atoms with van der Waals surface area (Å²) in [6.45, 7) is 5.43. The van der Waals surface area contributed by atoms with Gasteiger partial charge in [0.25, 0.3) is 0 Å². The fraction of sp³-hybridized carbons (Fsp3) is 0.364. The summed E-state index contributed by atoms with van der Waals surface area (Å²) in [4.78, 5) is 25.7. The van der Waals surface area contributed by atoms with Gasteiger partial charge in [-0.3, -0.25) is 0 Å². The Hall–Kier alpha value is -2.67. The fourth-order valence-electron chi connectivity index (χ4n) is 2.30. The van der Waals surface area contributed by atoms with E-state index in [9.17, 15) is 9.59 Å². The summed E-state index contributed by atoms with van der Waals surface area (Å²) in [6.07, 6.45) is -0.658. The number of carbonyl (C=O) groups is 2. The second-order valence-electron chi connectivity index (χ2n) is 7.28. The van der Waals surface area contributed by atoms with Crippen molar-refractivity contribution in [3.63, 3.8) is 0 Å². The molecule has 1 atom stereocenters. The molecule has 0 aromatic heterocycles. The first-order valence-electron chi connectivity index (χ1n) is 9.24. The largest absolute Gasteiger partial charge is 0.497 e. The van der Waals surface area contributed by atoms with Crippen molar-refractivity contribution in [2.24, 2.45) is 0 Å². The van der Waals surface area contributed by atoms with E-state index < -0.39 is 23.7 Å². The highest BCUT2D eigenvalue weighted by Gasteiger charge is 2.26. The molecule has 0 bridgehead atoms. The number of hydrogen-bond acceptors (Lipinski definition) is 6. The first-order chi connectivity index (χ1) is 13.8. The molecule has 7 heteroatoms. The van der Waals surface area contributed by atoms with Crippen LogP contribution in [-0.4, -0.2) is 36.6 Å². The Morgan fingerprint density at radius 3 is 2.28 bits per heavy atom. The highest BCUT2D eigenvalue weighted by molar-refractivity contribution is 7.99. The molecule has 156 valence electrons. The molecule has 2 aromatic rings. The van der Waals surface area contributed by atoms with Crippen LogP contribution in [0, 0.1) is 0 Å². The predicted octanol–water partition coefficient (Wildman–Crippen LogP) is 4.42. The number of carbonyl (C=O) groups excluding carboxylic acids is 2. The van der Waals surface area contributed by atoms with Crippen molar-refractivity contribution in [1.82, 2.24) is 5.32 Å². The number of benzene rings is 2. The molecule has 0 saturated heterocycles. The average molecular weight is 418 g/mol. The van der Waals surface area contributed by atoms with Crippen molar-refractivity contribution < 1.29 is 23.8 Å². The van der Waals surface area contributed by atoms with Crippen molar-refractivity contribution in [1.29, 1.82) is 0 Å². The van der Waals surface area contributed by atoms with Crippen LogP contribution >= 0.6 is 11.8 Å². The molecule has 6 nitrogen and oxygen atoms in total. The Labute approximate surface area is 175 Å². The van der Waals surface area contributed by atoms with Crippen molar-refractivity contribution >= 4 is 23.8 Å². The lowest BCUT2D eigenvalue weighted by atomic mass is 10.2. The molecule has 1 unspecified atom stereocenters. The number of amides is 1. The van der Waals surface area contributed by atoms with Gasteiger partial charge in [-0.2, -0.15) is 0 Å². The summed E-state index contributed by atoms with van der Waals surface area (Å²) in [5, 5.41) is 2.62. The SMILES string of the molecule is COc1ccc(SCC(NC(=O)OC(C)(C)C)C(=O)OCc2ccccc2)cc1. The molecular formula is C22H27NO5S. The number of alkyl carbamates (subject to hydrolysis) is 1. The number of thioether (sulfide) groups is 1. The summed E-state index contributed by atoms with van der Waals surface area (Å²) < 4.78 is 15.8. The molecular weight excluding hydrogens is 390 g/mol. The van der Waals surface area contributed by atoms with Crippen LogP contribution in [0.3, 0.4) is 0 Å². The summed E-state index contributed by atoms with van der Waals surface area (Å²) in [7, 11) is 1.60. The summed E-state index contributed by atoms with van der Waals surface area (Å²) in [5.41, 5.74) is 0.214. The summed E-state index contributed by atoms with van der Waals surface area (Å²) >= 11 is 1.43. The number of methoxy groups -OCH3 is 1. The Morgan fingerprint density at radius 1 is 1.03 bits per heavy atom. The zero-order chi connectivity index (χ0) is 21.3. The van der Waals surface area contributed by atoms with E-state index >= 15 is 0 Å². The van der Waals surface area contributed by atoms with Crippen LogP contribution in [-0.2, 0) is 20.9 Å². The molecule has 0 saturated carbocycles. The predicted molar refractivity (Wildman–Crippen MR) is 113 cm³/mol. The zero-order valence-corrected chi connectivity index (χ0v) is 18.0. The maximum absolute atomic E-state index is 12.6. The lowest BCUT2D eigenvalue weighted by molar-refractivity contribution is -0.146. The van der Waals surface area contributed by atoms with E-state index in [0.29, 0.717) is 5.75 Å². The minimum atomic E-state index is -0.847. The average Bonchev–Trinajstić information content (AvgIpc) is 2.69. The quantitative estimate of drug-likeness (QED) is 0.506. The van der Waals surface area contributed by atoms with E-state index in [4.69, 9.17) is 14.2 Å². The first kappa shape index (κ1) is 22.6. The third kappa shape index (κ3) is 8.48. The highest BCUT2D eigenvalue weighted by Crippen LogP contribution is 2.22. The molecule has 2 rings (SSSR count). The Balaban J connectivity index is 2.00. The van der Waals surface area contributed by atoms with Gasteiger partial charge >= 0.3 is 12.1 Å². The topological polar surface area (TPSA) is 73.9 Å². The lowest BCUT2D eigenvalue weighted by Gasteiger charge is -2.23. The van der Waals surface area contributed by atoms with Gasteiger partial charge in [0, 0.05) is 10.6 Å². The number of nitrogens with one attached hydrogen (secondary N) is 1. The molecule has 0 spiro atoms. The van der Waals surface area contributed by atoms with Crippen molar-refractivity contribution in [3.05, 3.63) is 60.2 Å². The molecule has 1 N–H and O–H groups in total. The molecule has 0 aliphatic rings. The smallest absolute Gasteiger partial charge is 0.408 e. The lowest BCUT2D eigenvalue weighted by Crippen LogP contribution is -2.45. The second-order valence-corrected chi connectivity index (χ2v) is 8.37. The van der Waals surface area contributed by atoms with Gasteiger partial charge in [-0.25, -0.2) is 9.59 Å². The van der Waals surface area contributed by atoms with Gasteiger partial charge in [0.05, 0.1) is 7.11 Å². The van der Waals surface area contributed by atoms with Crippen LogP contribution in [0.4, 0.5) is 4.79 Å².